The number of fused-ring (bicyclic) bond motifs is 5. The van der Waals surface area contributed by atoms with Gasteiger partial charge in [-0.05, 0) is 103 Å². The topological polar surface area (TPSA) is 208 Å². The quantitative estimate of drug-likeness (QED) is 0.0951. The lowest BCUT2D eigenvalue weighted by atomic mass is 9.91. The van der Waals surface area contributed by atoms with Crippen LogP contribution in [0, 0.1) is 0 Å². The highest BCUT2D eigenvalue weighted by Gasteiger charge is 2.36. The van der Waals surface area contributed by atoms with Gasteiger partial charge in [0.25, 0.3) is 5.91 Å². The van der Waals surface area contributed by atoms with Crippen LogP contribution < -0.4 is 21.7 Å². The standard InChI is InChI=1S/C41H42ClN5O8/c1-23-37(50)46-34(41(54)55)20-24-6-17-35(49)32(19-24)31-21-28(11-12-29(31)22-48)36(39(52)44-23)47(2)40(53)33(5-3-4-18-43)45-38(51)27-9-7-25(8-10-27)26-13-15-30(42)16-14-26/h6-17,19,21-23,33-34,36,49H,3-5,18,20,43H2,1-2H3,(H,44,52)(H,45,51)(H,46,50)(H,54,55)/t23-,33-,34-,36-/m0/s1. The maximum atomic E-state index is 14.4. The Balaban J connectivity index is 1.52. The number of amides is 4. The number of benzene rings is 4. The molecule has 0 aliphatic carbocycles. The summed E-state index contributed by atoms with van der Waals surface area (Å²) in [5, 5.41) is 29.3. The van der Waals surface area contributed by atoms with Gasteiger partial charge in [-0.3, -0.25) is 24.0 Å². The Kier molecular flexibility index (Phi) is 13.0. The first kappa shape index (κ1) is 40.1. The number of aldehydes is 1. The van der Waals surface area contributed by atoms with Crippen molar-refractivity contribution < 1.29 is 39.0 Å². The Hall–Kier alpha value is -6.05. The number of aromatic hydroxyl groups is 1. The Morgan fingerprint density at radius 3 is 2.24 bits per heavy atom. The van der Waals surface area contributed by atoms with Crippen molar-refractivity contribution in [3.8, 4) is 28.0 Å². The van der Waals surface area contributed by atoms with Crippen molar-refractivity contribution in [2.24, 2.45) is 5.73 Å². The molecule has 7 N–H and O–H groups in total. The Morgan fingerprint density at radius 1 is 0.927 bits per heavy atom. The van der Waals surface area contributed by atoms with Crippen LogP contribution in [0.5, 0.6) is 5.75 Å². The molecule has 4 aromatic rings. The van der Waals surface area contributed by atoms with E-state index in [2.05, 4.69) is 16.0 Å². The number of carboxylic acid groups (broad SMARTS) is 1. The van der Waals surface area contributed by atoms with E-state index < -0.39 is 53.8 Å². The highest BCUT2D eigenvalue weighted by molar-refractivity contribution is 6.30. The summed E-state index contributed by atoms with van der Waals surface area (Å²) in [5.41, 5.74) is 9.01. The average molecular weight is 768 g/mol. The van der Waals surface area contributed by atoms with Gasteiger partial charge in [-0.1, -0.05) is 54.1 Å². The van der Waals surface area contributed by atoms with Gasteiger partial charge < -0.3 is 36.8 Å². The van der Waals surface area contributed by atoms with Gasteiger partial charge in [0.05, 0.1) is 0 Å². The normalized spacial score (nSPS) is 17.5. The minimum absolute atomic E-state index is 0.155. The number of phenolic OH excluding ortho intramolecular Hbond substituents is 1. The smallest absolute Gasteiger partial charge is 0.326 e. The molecule has 0 saturated carbocycles. The molecule has 4 atom stereocenters. The maximum absolute atomic E-state index is 14.4. The molecular formula is C41H42ClN5O8. The number of carbonyl (C=O) groups is 6. The van der Waals surface area contributed by atoms with Gasteiger partial charge in [0.1, 0.15) is 29.9 Å². The van der Waals surface area contributed by atoms with E-state index >= 15 is 0 Å². The number of phenols is 1. The van der Waals surface area contributed by atoms with Crippen molar-refractivity contribution in [2.75, 3.05) is 13.6 Å². The molecule has 1 aliphatic rings. The summed E-state index contributed by atoms with van der Waals surface area (Å²) < 4.78 is 0. The number of carbonyl (C=O) groups excluding carboxylic acids is 5. The molecule has 286 valence electrons. The molecule has 0 fully saturated rings. The largest absolute Gasteiger partial charge is 0.507 e. The third-order valence-corrected chi connectivity index (χ3v) is 9.79. The minimum Gasteiger partial charge on any atom is -0.507 e. The number of unbranched alkanes of at least 4 members (excludes halogenated alkanes) is 1. The molecule has 1 aliphatic heterocycles. The lowest BCUT2D eigenvalue weighted by molar-refractivity contribution is -0.143. The first-order valence-electron chi connectivity index (χ1n) is 17.7. The SMILES string of the molecule is C[C@@H]1NC(=O)[C@@H](N(C)C(=O)[C@H](CCCCN)NC(=O)c2ccc(-c3ccc(Cl)cc3)cc2)c2ccc(C=O)c(c2)-c2cc(ccc2O)C[C@@H](C(=O)O)NC1=O. The van der Waals surface area contributed by atoms with Crippen LogP contribution in [0.15, 0.2) is 84.9 Å². The second-order valence-electron chi connectivity index (χ2n) is 13.4. The number of likely N-dealkylation sites (N-methyl/N-ethyl adjacent to an activating group) is 1. The molecule has 0 unspecified atom stereocenters. The monoisotopic (exact) mass is 767 g/mol. The van der Waals surface area contributed by atoms with Crippen LogP contribution in [-0.4, -0.2) is 82.7 Å². The molecule has 4 amide bonds. The molecule has 1 heterocycles. The van der Waals surface area contributed by atoms with Crippen molar-refractivity contribution in [3.63, 3.8) is 0 Å². The number of halogens is 1. The molecule has 5 rings (SSSR count). The lowest BCUT2D eigenvalue weighted by Gasteiger charge is -2.32. The fourth-order valence-electron chi connectivity index (χ4n) is 6.47. The van der Waals surface area contributed by atoms with Crippen molar-refractivity contribution in [2.45, 2.75) is 56.8 Å². The minimum atomic E-state index is -1.42. The number of aliphatic carboxylic acids is 1. The zero-order valence-electron chi connectivity index (χ0n) is 30.3. The lowest BCUT2D eigenvalue weighted by Crippen LogP contribution is -2.54. The van der Waals surface area contributed by atoms with E-state index in [9.17, 15) is 39.0 Å². The van der Waals surface area contributed by atoms with Gasteiger partial charge in [-0.25, -0.2) is 4.79 Å². The van der Waals surface area contributed by atoms with E-state index in [1.165, 1.54) is 50.4 Å². The van der Waals surface area contributed by atoms with Crippen molar-refractivity contribution >= 4 is 47.5 Å². The predicted molar refractivity (Wildman–Crippen MR) is 206 cm³/mol. The number of hydrogen-bond donors (Lipinski definition) is 6. The van der Waals surface area contributed by atoms with Gasteiger partial charge in [0.15, 0.2) is 6.29 Å². The predicted octanol–water partition coefficient (Wildman–Crippen LogP) is 4.25. The molecule has 55 heavy (non-hydrogen) atoms. The van der Waals surface area contributed by atoms with Crippen molar-refractivity contribution in [1.82, 2.24) is 20.9 Å². The first-order valence-corrected chi connectivity index (χ1v) is 18.1. The van der Waals surface area contributed by atoms with E-state index in [-0.39, 0.29) is 40.8 Å². The zero-order valence-corrected chi connectivity index (χ0v) is 31.0. The summed E-state index contributed by atoms with van der Waals surface area (Å²) in [6.45, 7) is 1.73. The fourth-order valence-corrected chi connectivity index (χ4v) is 6.59. The van der Waals surface area contributed by atoms with Crippen LogP contribution in [0.1, 0.15) is 64.1 Å². The van der Waals surface area contributed by atoms with Crippen molar-refractivity contribution in [3.05, 3.63) is 112 Å². The molecule has 4 aromatic carbocycles. The number of hydrogen-bond acceptors (Lipinski definition) is 8. The van der Waals surface area contributed by atoms with Gasteiger partial charge in [-0.2, -0.15) is 0 Å². The number of nitrogens with one attached hydrogen (secondary N) is 3. The van der Waals surface area contributed by atoms with Gasteiger partial charge in [-0.15, -0.1) is 0 Å². The Labute approximate surface area is 322 Å². The summed E-state index contributed by atoms with van der Waals surface area (Å²) in [6, 6.07) is 17.7. The molecule has 0 spiro atoms. The molecule has 0 saturated heterocycles. The fraction of sp³-hybridized carbons (Fsp3) is 0.268. The van der Waals surface area contributed by atoms with Gasteiger partial charge >= 0.3 is 5.97 Å². The summed E-state index contributed by atoms with van der Waals surface area (Å²) >= 11 is 6.02. The van der Waals surface area contributed by atoms with Crippen LogP contribution >= 0.6 is 11.6 Å². The molecule has 4 bridgehead atoms. The third-order valence-electron chi connectivity index (χ3n) is 9.54. The van der Waals surface area contributed by atoms with Crippen LogP contribution in [0.3, 0.4) is 0 Å². The zero-order chi connectivity index (χ0) is 39.8. The number of nitrogens with two attached hydrogens (primary N) is 1. The number of nitrogens with zero attached hydrogens (tertiary/aromatic N) is 1. The van der Waals surface area contributed by atoms with E-state index in [0.717, 1.165) is 16.0 Å². The summed E-state index contributed by atoms with van der Waals surface area (Å²) in [7, 11) is 1.38. The van der Waals surface area contributed by atoms with Crippen molar-refractivity contribution in [1.29, 1.82) is 0 Å². The van der Waals surface area contributed by atoms with Crippen LogP contribution in [-0.2, 0) is 25.6 Å². The van der Waals surface area contributed by atoms with Crippen LogP contribution in [0.2, 0.25) is 5.02 Å². The van der Waals surface area contributed by atoms with E-state index in [1.807, 2.05) is 12.1 Å². The highest BCUT2D eigenvalue weighted by atomic mass is 35.5. The third kappa shape index (κ3) is 9.55. The molecule has 13 nitrogen and oxygen atoms in total. The Morgan fingerprint density at radius 2 is 1.60 bits per heavy atom. The van der Waals surface area contributed by atoms with Crippen LogP contribution in [0.25, 0.3) is 22.3 Å². The Bertz CT molecular complexity index is 2090. The van der Waals surface area contributed by atoms with E-state index in [0.29, 0.717) is 41.8 Å². The average Bonchev–Trinajstić information content (AvgIpc) is 3.17. The highest BCUT2D eigenvalue weighted by Crippen LogP contribution is 2.35. The second kappa shape index (κ2) is 17.9. The maximum Gasteiger partial charge on any atom is 0.326 e. The molecule has 14 heteroatoms. The molecule has 0 aromatic heterocycles. The van der Waals surface area contributed by atoms with E-state index in [1.54, 1.807) is 36.4 Å². The van der Waals surface area contributed by atoms with Gasteiger partial charge in [0, 0.05) is 35.2 Å². The molecular weight excluding hydrogens is 726 g/mol. The van der Waals surface area contributed by atoms with E-state index in [4.69, 9.17) is 17.3 Å². The second-order valence-corrected chi connectivity index (χ2v) is 13.8. The molecule has 0 radical (unpaired) electrons. The first-order chi connectivity index (χ1) is 26.3. The summed E-state index contributed by atoms with van der Waals surface area (Å²) in [4.78, 5) is 80.9. The van der Waals surface area contributed by atoms with Gasteiger partial charge in [0.2, 0.25) is 17.7 Å². The van der Waals surface area contributed by atoms with Crippen LogP contribution in [0.4, 0.5) is 0 Å². The number of rotatable bonds is 11. The summed E-state index contributed by atoms with van der Waals surface area (Å²) in [5.74, 6) is -4.28. The number of carboxylic acids is 1. The summed E-state index contributed by atoms with van der Waals surface area (Å²) in [6.07, 6.45) is 1.64.